The van der Waals surface area contributed by atoms with Crippen molar-refractivity contribution in [2.24, 2.45) is 11.8 Å². The van der Waals surface area contributed by atoms with Gasteiger partial charge in [-0.15, -0.1) is 0 Å². The fourth-order valence-electron chi connectivity index (χ4n) is 5.35. The van der Waals surface area contributed by atoms with Crippen LogP contribution >= 0.6 is 15.9 Å². The first-order valence-corrected chi connectivity index (χ1v) is 13.9. The van der Waals surface area contributed by atoms with E-state index in [0.717, 1.165) is 56.7 Å². The third-order valence-electron chi connectivity index (χ3n) is 7.83. The van der Waals surface area contributed by atoms with Crippen molar-refractivity contribution in [3.8, 4) is 5.75 Å². The van der Waals surface area contributed by atoms with Gasteiger partial charge in [0.1, 0.15) is 5.75 Å². The van der Waals surface area contributed by atoms with Crippen molar-refractivity contribution in [1.29, 1.82) is 0 Å². The van der Waals surface area contributed by atoms with Crippen molar-refractivity contribution in [3.05, 3.63) is 28.2 Å². The number of hydrogen-bond donors (Lipinski definition) is 0. The number of likely N-dealkylation sites (tertiary alicyclic amines) is 2. The molecule has 0 aliphatic carbocycles. The van der Waals surface area contributed by atoms with E-state index in [9.17, 15) is 4.79 Å². The fourth-order valence-corrected chi connectivity index (χ4v) is 5.76. The number of benzene rings is 1. The zero-order chi connectivity index (χ0) is 23.6. The first-order chi connectivity index (χ1) is 16.0. The third-order valence-corrected chi connectivity index (χ3v) is 8.60. The maximum Gasteiger partial charge on any atom is 0.223 e. The third kappa shape index (κ3) is 8.25. The predicted molar refractivity (Wildman–Crippen MR) is 140 cm³/mol. The molecular weight excluding hydrogens is 478 g/mol. The van der Waals surface area contributed by atoms with E-state index in [0.29, 0.717) is 12.3 Å². The van der Waals surface area contributed by atoms with Gasteiger partial charge in [-0.05, 0) is 107 Å². The van der Waals surface area contributed by atoms with Gasteiger partial charge in [0.25, 0.3) is 0 Å². The highest BCUT2D eigenvalue weighted by molar-refractivity contribution is 9.10. The molecule has 1 aromatic carbocycles. The molecule has 0 bridgehead atoms. The lowest BCUT2D eigenvalue weighted by molar-refractivity contribution is -0.133. The molecule has 5 nitrogen and oxygen atoms in total. The lowest BCUT2D eigenvalue weighted by Gasteiger charge is -2.35. The molecule has 33 heavy (non-hydrogen) atoms. The molecule has 0 saturated carbocycles. The van der Waals surface area contributed by atoms with Crippen molar-refractivity contribution in [2.75, 3.05) is 59.5 Å². The van der Waals surface area contributed by atoms with Gasteiger partial charge < -0.3 is 19.4 Å². The number of nitrogens with zero attached hydrogens (tertiary/aromatic N) is 3. The molecule has 2 aliphatic rings. The Morgan fingerprint density at radius 3 is 2.36 bits per heavy atom. The molecule has 3 rings (SSSR count). The molecule has 2 fully saturated rings. The largest absolute Gasteiger partial charge is 0.497 e. The minimum atomic E-state index is 0.352. The topological polar surface area (TPSA) is 36.0 Å². The van der Waals surface area contributed by atoms with Gasteiger partial charge in [0, 0.05) is 30.5 Å². The lowest BCUT2D eigenvalue weighted by atomic mass is 9.89. The predicted octanol–water partition coefficient (Wildman–Crippen LogP) is 5.07. The maximum absolute atomic E-state index is 12.5. The van der Waals surface area contributed by atoms with Crippen molar-refractivity contribution in [3.63, 3.8) is 0 Å². The van der Waals surface area contributed by atoms with Crippen LogP contribution in [0.25, 0.3) is 0 Å². The van der Waals surface area contributed by atoms with Gasteiger partial charge in [0.15, 0.2) is 0 Å². The van der Waals surface area contributed by atoms with Crippen molar-refractivity contribution >= 4 is 21.8 Å². The Hall–Kier alpha value is -1.11. The highest BCUT2D eigenvalue weighted by atomic mass is 79.9. The molecule has 0 N–H and O–H groups in total. The second-order valence-corrected chi connectivity index (χ2v) is 10.7. The smallest absolute Gasteiger partial charge is 0.223 e. The van der Waals surface area contributed by atoms with Crippen LogP contribution in [0, 0.1) is 11.8 Å². The van der Waals surface area contributed by atoms with E-state index >= 15 is 0 Å². The van der Waals surface area contributed by atoms with Crippen LogP contribution in [0.5, 0.6) is 5.75 Å². The van der Waals surface area contributed by atoms with Gasteiger partial charge in [-0.1, -0.05) is 29.8 Å². The van der Waals surface area contributed by atoms with E-state index < -0.39 is 0 Å². The van der Waals surface area contributed by atoms with Crippen LogP contribution in [-0.2, 0) is 11.2 Å². The first-order valence-electron chi connectivity index (χ1n) is 13.1. The van der Waals surface area contributed by atoms with E-state index in [1.807, 2.05) is 6.07 Å². The summed E-state index contributed by atoms with van der Waals surface area (Å²) >= 11 is 3.71. The minimum Gasteiger partial charge on any atom is -0.497 e. The number of methoxy groups -OCH3 is 1. The van der Waals surface area contributed by atoms with Gasteiger partial charge in [0.05, 0.1) is 7.11 Å². The molecule has 0 radical (unpaired) electrons. The number of carbonyl (C=O) groups excluding carboxylic acids is 1. The fraction of sp³-hybridized carbons (Fsp3) is 0.741. The molecule has 0 aromatic heterocycles. The van der Waals surface area contributed by atoms with E-state index in [-0.39, 0.29) is 0 Å². The Morgan fingerprint density at radius 2 is 1.73 bits per heavy atom. The summed E-state index contributed by atoms with van der Waals surface area (Å²) in [7, 11) is 1.74. The Labute approximate surface area is 210 Å². The summed E-state index contributed by atoms with van der Waals surface area (Å²) in [5, 5.41) is 0. The van der Waals surface area contributed by atoms with Crippen molar-refractivity contribution in [2.45, 2.75) is 58.8 Å². The molecule has 6 heteroatoms. The Bertz CT molecular complexity index is 724. The van der Waals surface area contributed by atoms with Gasteiger partial charge >= 0.3 is 0 Å². The summed E-state index contributed by atoms with van der Waals surface area (Å²) in [4.78, 5) is 19.7. The Kier molecular flexibility index (Phi) is 11.0. The second kappa shape index (κ2) is 13.7. The summed E-state index contributed by atoms with van der Waals surface area (Å²) in [6.07, 6.45) is 8.01. The molecule has 2 aliphatic heterocycles. The summed E-state index contributed by atoms with van der Waals surface area (Å²) in [5.41, 5.74) is 1.37. The average Bonchev–Trinajstić information content (AvgIpc) is 2.85. The number of halogens is 1. The number of ether oxygens (including phenoxy) is 1. The molecule has 0 atom stereocenters. The number of piperidine rings is 2. The van der Waals surface area contributed by atoms with E-state index in [1.54, 1.807) is 7.11 Å². The monoisotopic (exact) mass is 521 g/mol. The molecule has 2 saturated heterocycles. The van der Waals surface area contributed by atoms with E-state index in [4.69, 9.17) is 4.74 Å². The second-order valence-electron chi connectivity index (χ2n) is 9.84. The van der Waals surface area contributed by atoms with Gasteiger partial charge in [0.2, 0.25) is 5.91 Å². The van der Waals surface area contributed by atoms with Gasteiger partial charge in [-0.2, -0.15) is 0 Å². The molecule has 0 spiro atoms. The molecule has 1 amide bonds. The SMILES string of the molecule is CCN(CC)CCC(=O)N1CCC(CCN2CCC(Cc3cc(OC)ccc3Br)CC2)CC1. The number of hydrogen-bond acceptors (Lipinski definition) is 4. The molecule has 0 unspecified atom stereocenters. The van der Waals surface area contributed by atoms with Gasteiger partial charge in [-0.25, -0.2) is 0 Å². The normalized spacial score (nSPS) is 18.8. The summed E-state index contributed by atoms with van der Waals surface area (Å²) in [5.74, 6) is 2.84. The summed E-state index contributed by atoms with van der Waals surface area (Å²) in [6, 6.07) is 6.30. The van der Waals surface area contributed by atoms with Crippen LogP contribution in [0.15, 0.2) is 22.7 Å². The standard InChI is InChI=1S/C27H44BrN3O2/c1-4-29(5-2)17-13-27(32)31-18-11-22(12-19-31)8-14-30-15-9-23(10-16-30)20-24-21-25(33-3)6-7-26(24)28/h6-7,21-23H,4-5,8-20H2,1-3H3. The van der Waals surface area contributed by atoms with Crippen LogP contribution in [0.4, 0.5) is 0 Å². The van der Waals surface area contributed by atoms with Crippen LogP contribution in [0.2, 0.25) is 0 Å². The molecule has 1 aromatic rings. The summed E-state index contributed by atoms with van der Waals surface area (Å²) < 4.78 is 6.60. The lowest BCUT2D eigenvalue weighted by Crippen LogP contribution is -2.41. The van der Waals surface area contributed by atoms with E-state index in [1.165, 1.54) is 61.8 Å². The number of rotatable bonds is 11. The number of carbonyl (C=O) groups is 1. The van der Waals surface area contributed by atoms with Gasteiger partial charge in [-0.3, -0.25) is 4.79 Å². The first kappa shape index (κ1) is 26.5. The average molecular weight is 523 g/mol. The zero-order valence-electron chi connectivity index (χ0n) is 21.0. The Balaban J connectivity index is 1.31. The molecule has 186 valence electrons. The minimum absolute atomic E-state index is 0.352. The highest BCUT2D eigenvalue weighted by Crippen LogP contribution is 2.29. The molecule has 2 heterocycles. The maximum atomic E-state index is 12.5. The zero-order valence-corrected chi connectivity index (χ0v) is 22.6. The quantitative estimate of drug-likeness (QED) is 0.407. The van der Waals surface area contributed by atoms with Crippen LogP contribution in [-0.4, -0.2) is 80.1 Å². The van der Waals surface area contributed by atoms with Crippen molar-refractivity contribution in [1.82, 2.24) is 14.7 Å². The number of amides is 1. The Morgan fingerprint density at radius 1 is 1.06 bits per heavy atom. The summed E-state index contributed by atoms with van der Waals surface area (Å²) in [6.45, 7) is 12.9. The van der Waals surface area contributed by atoms with Crippen LogP contribution in [0.3, 0.4) is 0 Å². The van der Waals surface area contributed by atoms with Crippen LogP contribution < -0.4 is 4.74 Å². The molecular formula is C27H44BrN3O2. The van der Waals surface area contributed by atoms with Crippen molar-refractivity contribution < 1.29 is 9.53 Å². The van der Waals surface area contributed by atoms with E-state index in [2.05, 4.69) is 56.6 Å². The van der Waals surface area contributed by atoms with Crippen LogP contribution in [0.1, 0.15) is 57.9 Å². The highest BCUT2D eigenvalue weighted by Gasteiger charge is 2.25.